The van der Waals surface area contributed by atoms with E-state index in [4.69, 9.17) is 5.73 Å². The van der Waals surface area contributed by atoms with Crippen LogP contribution in [-0.2, 0) is 6.54 Å². The molecular weight excluding hydrogens is 308 g/mol. The maximum Gasteiger partial charge on any atom is 0.0461 e. The Morgan fingerprint density at radius 3 is 2.78 bits per heavy atom. The normalized spacial score (nSPS) is 12.9. The minimum Gasteiger partial charge on any atom is -0.398 e. The van der Waals surface area contributed by atoms with E-state index in [-0.39, 0.29) is 0 Å². The quantitative estimate of drug-likeness (QED) is 0.850. The number of nitrogens with zero attached hydrogens (tertiary/aromatic N) is 1. The van der Waals surface area contributed by atoms with Crippen molar-refractivity contribution >= 4 is 33.0 Å². The third-order valence-corrected chi connectivity index (χ3v) is 5.15. The van der Waals surface area contributed by atoms with Crippen molar-refractivity contribution in [2.24, 2.45) is 0 Å². The Bertz CT molecular complexity index is 511. The van der Waals surface area contributed by atoms with E-state index in [2.05, 4.69) is 58.4 Å². The first kappa shape index (κ1) is 13.6. The maximum atomic E-state index is 5.90. The van der Waals surface area contributed by atoms with Crippen molar-refractivity contribution in [2.45, 2.75) is 19.5 Å². The fourth-order valence-corrected chi connectivity index (χ4v) is 3.11. The second kappa shape index (κ2) is 5.87. The highest BCUT2D eigenvalue weighted by molar-refractivity contribution is 9.10. The lowest BCUT2D eigenvalue weighted by molar-refractivity contribution is 0.256. The van der Waals surface area contributed by atoms with Gasteiger partial charge in [-0.3, -0.25) is 4.90 Å². The number of benzene rings is 1. The number of nitrogens with two attached hydrogens (primary N) is 1. The van der Waals surface area contributed by atoms with Crippen molar-refractivity contribution in [2.75, 3.05) is 12.8 Å². The lowest BCUT2D eigenvalue weighted by Crippen LogP contribution is -2.21. The second-order valence-electron chi connectivity index (χ2n) is 4.43. The minimum absolute atomic E-state index is 0.415. The van der Waals surface area contributed by atoms with Crippen molar-refractivity contribution in [3.8, 4) is 0 Å². The molecule has 0 saturated carbocycles. The third kappa shape index (κ3) is 2.94. The van der Waals surface area contributed by atoms with Gasteiger partial charge in [-0.1, -0.05) is 18.2 Å². The molecule has 1 atom stereocenters. The number of nitrogen functional groups attached to an aromatic ring is 1. The van der Waals surface area contributed by atoms with Crippen LogP contribution in [0.3, 0.4) is 0 Å². The van der Waals surface area contributed by atoms with Gasteiger partial charge in [0, 0.05) is 27.6 Å². The molecule has 0 fully saturated rings. The molecule has 18 heavy (non-hydrogen) atoms. The summed E-state index contributed by atoms with van der Waals surface area (Å²) in [7, 11) is 2.14. The van der Waals surface area contributed by atoms with E-state index >= 15 is 0 Å². The number of hydrogen-bond donors (Lipinski definition) is 1. The predicted molar refractivity (Wildman–Crippen MR) is 82.8 cm³/mol. The van der Waals surface area contributed by atoms with Gasteiger partial charge in [0.25, 0.3) is 0 Å². The molecule has 1 heterocycles. The first-order valence-electron chi connectivity index (χ1n) is 5.86. The molecule has 1 aromatic heterocycles. The van der Waals surface area contributed by atoms with E-state index in [1.54, 1.807) is 11.3 Å². The number of halogens is 1. The number of thiophene rings is 1. The third-order valence-electron chi connectivity index (χ3n) is 3.14. The Hall–Kier alpha value is -0.840. The van der Waals surface area contributed by atoms with Gasteiger partial charge < -0.3 is 5.73 Å². The van der Waals surface area contributed by atoms with Crippen LogP contribution < -0.4 is 5.73 Å². The summed E-state index contributed by atoms with van der Waals surface area (Å²) in [5, 5.41) is 2.12. The van der Waals surface area contributed by atoms with Crippen molar-refractivity contribution in [1.29, 1.82) is 0 Å². The molecule has 2 N–H and O–H groups in total. The summed E-state index contributed by atoms with van der Waals surface area (Å²) in [6, 6.07) is 10.7. The SMILES string of the molecule is CC(c1cccs1)N(C)Cc1cccc(N)c1Br. The van der Waals surface area contributed by atoms with Crippen LogP contribution in [0.25, 0.3) is 0 Å². The van der Waals surface area contributed by atoms with Crippen molar-refractivity contribution < 1.29 is 0 Å². The van der Waals surface area contributed by atoms with Gasteiger partial charge in [0.1, 0.15) is 0 Å². The monoisotopic (exact) mass is 324 g/mol. The summed E-state index contributed by atoms with van der Waals surface area (Å²) >= 11 is 5.36. The van der Waals surface area contributed by atoms with E-state index in [1.165, 1.54) is 10.4 Å². The number of anilines is 1. The van der Waals surface area contributed by atoms with Crippen molar-refractivity contribution in [3.05, 3.63) is 50.6 Å². The maximum absolute atomic E-state index is 5.90. The van der Waals surface area contributed by atoms with E-state index < -0.39 is 0 Å². The van der Waals surface area contributed by atoms with Crippen LogP contribution in [0.4, 0.5) is 5.69 Å². The average Bonchev–Trinajstić information content (AvgIpc) is 2.87. The van der Waals surface area contributed by atoms with E-state index in [0.29, 0.717) is 6.04 Å². The Morgan fingerprint density at radius 1 is 1.33 bits per heavy atom. The second-order valence-corrected chi connectivity index (χ2v) is 6.20. The molecule has 0 amide bonds. The molecule has 0 aliphatic carbocycles. The van der Waals surface area contributed by atoms with Gasteiger partial charge in [0.15, 0.2) is 0 Å². The zero-order chi connectivity index (χ0) is 13.1. The minimum atomic E-state index is 0.415. The first-order valence-corrected chi connectivity index (χ1v) is 7.53. The fraction of sp³-hybridized carbons (Fsp3) is 0.286. The number of hydrogen-bond acceptors (Lipinski definition) is 3. The topological polar surface area (TPSA) is 29.3 Å². The van der Waals surface area contributed by atoms with Crippen LogP contribution in [0.1, 0.15) is 23.4 Å². The summed E-state index contributed by atoms with van der Waals surface area (Å²) in [6.07, 6.45) is 0. The highest BCUT2D eigenvalue weighted by Gasteiger charge is 2.14. The molecule has 0 saturated heterocycles. The van der Waals surface area contributed by atoms with Crippen molar-refractivity contribution in [1.82, 2.24) is 4.90 Å². The highest BCUT2D eigenvalue weighted by Crippen LogP contribution is 2.28. The zero-order valence-corrected chi connectivity index (χ0v) is 13.0. The van der Waals surface area contributed by atoms with Gasteiger partial charge in [-0.05, 0) is 53.0 Å². The molecule has 0 spiro atoms. The van der Waals surface area contributed by atoms with Crippen LogP contribution in [0, 0.1) is 0 Å². The van der Waals surface area contributed by atoms with Crippen LogP contribution >= 0.6 is 27.3 Å². The molecule has 2 rings (SSSR count). The summed E-state index contributed by atoms with van der Waals surface area (Å²) < 4.78 is 1.01. The molecule has 2 aromatic rings. The largest absolute Gasteiger partial charge is 0.398 e. The molecule has 0 aliphatic heterocycles. The van der Waals surface area contributed by atoms with Gasteiger partial charge in [0.05, 0.1) is 0 Å². The Kier molecular flexibility index (Phi) is 4.43. The van der Waals surface area contributed by atoms with Gasteiger partial charge in [-0.15, -0.1) is 11.3 Å². The molecule has 1 aromatic carbocycles. The van der Waals surface area contributed by atoms with Crippen molar-refractivity contribution in [3.63, 3.8) is 0 Å². The molecule has 2 nitrogen and oxygen atoms in total. The van der Waals surface area contributed by atoms with Gasteiger partial charge in [-0.2, -0.15) is 0 Å². The van der Waals surface area contributed by atoms with E-state index in [9.17, 15) is 0 Å². The van der Waals surface area contributed by atoms with E-state index in [1.807, 2.05) is 12.1 Å². The van der Waals surface area contributed by atoms with Crippen LogP contribution in [0.5, 0.6) is 0 Å². The summed E-state index contributed by atoms with van der Waals surface area (Å²) in [4.78, 5) is 3.71. The Morgan fingerprint density at radius 2 is 2.11 bits per heavy atom. The molecule has 96 valence electrons. The number of rotatable bonds is 4. The molecule has 0 radical (unpaired) electrons. The summed E-state index contributed by atoms with van der Waals surface area (Å²) in [6.45, 7) is 3.11. The first-order chi connectivity index (χ1) is 8.59. The predicted octanol–water partition coefficient (Wildman–Crippen LogP) is 4.29. The highest BCUT2D eigenvalue weighted by atomic mass is 79.9. The smallest absolute Gasteiger partial charge is 0.0461 e. The molecular formula is C14H17BrN2S. The van der Waals surface area contributed by atoms with Crippen LogP contribution in [0.15, 0.2) is 40.2 Å². The summed E-state index contributed by atoms with van der Waals surface area (Å²) in [5.41, 5.74) is 7.92. The zero-order valence-electron chi connectivity index (χ0n) is 10.6. The Balaban J connectivity index is 2.12. The van der Waals surface area contributed by atoms with E-state index in [0.717, 1.165) is 16.7 Å². The lowest BCUT2D eigenvalue weighted by Gasteiger charge is -2.24. The standard InChI is InChI=1S/C14H17BrN2S/c1-10(13-7-4-8-18-13)17(2)9-11-5-3-6-12(16)14(11)15/h3-8,10H,9,16H2,1-2H3. The van der Waals surface area contributed by atoms with Crippen LogP contribution in [-0.4, -0.2) is 11.9 Å². The van der Waals surface area contributed by atoms with Crippen LogP contribution in [0.2, 0.25) is 0 Å². The van der Waals surface area contributed by atoms with Gasteiger partial charge >= 0.3 is 0 Å². The molecule has 1 unspecified atom stereocenters. The fourth-order valence-electron chi connectivity index (χ4n) is 1.87. The molecule has 0 aliphatic rings. The molecule has 0 bridgehead atoms. The average molecular weight is 325 g/mol. The lowest BCUT2D eigenvalue weighted by atomic mass is 10.1. The van der Waals surface area contributed by atoms with Gasteiger partial charge in [0.2, 0.25) is 0 Å². The summed E-state index contributed by atoms with van der Waals surface area (Å²) in [5.74, 6) is 0. The molecule has 4 heteroatoms. The van der Waals surface area contributed by atoms with Gasteiger partial charge in [-0.25, -0.2) is 0 Å². The Labute approximate surface area is 121 Å².